The first-order valence-corrected chi connectivity index (χ1v) is 9.53. The molecule has 2 saturated heterocycles. The van der Waals surface area contributed by atoms with Gasteiger partial charge in [-0.3, -0.25) is 9.59 Å². The third kappa shape index (κ3) is 3.43. The molecule has 1 saturated carbocycles. The van der Waals surface area contributed by atoms with Gasteiger partial charge in [0.1, 0.15) is 0 Å². The molecule has 0 unspecified atom stereocenters. The highest BCUT2D eigenvalue weighted by Crippen LogP contribution is 2.29. The average Bonchev–Trinajstić information content (AvgIpc) is 3.08. The summed E-state index contributed by atoms with van der Waals surface area (Å²) in [4.78, 5) is 28.5. The van der Waals surface area contributed by atoms with Crippen molar-refractivity contribution in [3.8, 4) is 0 Å². The van der Waals surface area contributed by atoms with Gasteiger partial charge in [0.15, 0.2) is 0 Å². The predicted octanol–water partition coefficient (Wildman–Crippen LogP) is 2.53. The minimum atomic E-state index is 0.195. The van der Waals surface area contributed by atoms with Gasteiger partial charge in [0.05, 0.1) is 25.2 Å². The Bertz CT molecular complexity index is 641. The largest absolute Gasteiger partial charge is 0.374 e. The first-order chi connectivity index (χ1) is 12.2. The van der Waals surface area contributed by atoms with Gasteiger partial charge >= 0.3 is 0 Å². The highest BCUT2D eigenvalue weighted by molar-refractivity contribution is 5.95. The Morgan fingerprint density at radius 3 is 2.64 bits per heavy atom. The minimum absolute atomic E-state index is 0.195. The molecule has 2 heterocycles. The lowest BCUT2D eigenvalue weighted by Crippen LogP contribution is -2.55. The van der Waals surface area contributed by atoms with Crippen molar-refractivity contribution < 1.29 is 14.3 Å². The molecule has 0 N–H and O–H groups in total. The monoisotopic (exact) mass is 342 g/mol. The maximum absolute atomic E-state index is 12.8. The highest BCUT2D eigenvalue weighted by atomic mass is 16.5. The van der Waals surface area contributed by atoms with Crippen molar-refractivity contribution in [1.29, 1.82) is 0 Å². The summed E-state index contributed by atoms with van der Waals surface area (Å²) in [5.74, 6) is 0.394. The van der Waals surface area contributed by atoms with E-state index in [1.165, 1.54) is 12.8 Å². The molecule has 0 spiro atoms. The normalized spacial score (nSPS) is 26.6. The molecule has 0 aromatic heterocycles. The van der Waals surface area contributed by atoms with Crippen LogP contribution in [0.1, 0.15) is 44.1 Å². The number of amides is 2. The van der Waals surface area contributed by atoms with Gasteiger partial charge in [-0.15, -0.1) is 0 Å². The molecule has 25 heavy (non-hydrogen) atoms. The smallest absolute Gasteiger partial charge is 0.227 e. The number of anilines is 1. The summed E-state index contributed by atoms with van der Waals surface area (Å²) in [5, 5.41) is 0. The fraction of sp³-hybridized carbons (Fsp3) is 0.600. The van der Waals surface area contributed by atoms with E-state index in [2.05, 4.69) is 0 Å². The van der Waals surface area contributed by atoms with Crippen molar-refractivity contribution in [1.82, 2.24) is 4.90 Å². The van der Waals surface area contributed by atoms with E-state index in [0.717, 1.165) is 37.1 Å². The van der Waals surface area contributed by atoms with Gasteiger partial charge in [-0.25, -0.2) is 0 Å². The van der Waals surface area contributed by atoms with Crippen LogP contribution in [-0.2, 0) is 20.7 Å². The zero-order chi connectivity index (χ0) is 17.2. The molecule has 5 heteroatoms. The number of morpholine rings is 1. The van der Waals surface area contributed by atoms with E-state index < -0.39 is 0 Å². The first-order valence-electron chi connectivity index (χ1n) is 9.53. The summed E-state index contributed by atoms with van der Waals surface area (Å²) < 4.78 is 5.86. The number of carbonyl (C=O) groups excluding carboxylic acids is 2. The molecule has 1 aliphatic carbocycles. The number of rotatable bonds is 3. The van der Waals surface area contributed by atoms with Crippen LogP contribution in [0.5, 0.6) is 0 Å². The minimum Gasteiger partial charge on any atom is -0.374 e. The molecule has 3 aliphatic rings. The van der Waals surface area contributed by atoms with Gasteiger partial charge in [-0.05, 0) is 37.0 Å². The Kier molecular flexibility index (Phi) is 4.75. The summed E-state index contributed by atoms with van der Waals surface area (Å²) in [6.07, 6.45) is 6.76. The highest BCUT2D eigenvalue weighted by Gasteiger charge is 2.36. The van der Waals surface area contributed by atoms with Crippen LogP contribution in [0.4, 0.5) is 5.69 Å². The standard InChI is InChI=1S/C20H26N2O3/c23-19-6-3-11-21(19)16-9-7-15(8-10-16)14-20(24)22-12-13-25-18-5-2-1-4-17(18)22/h7-10,17-18H,1-6,11-14H2/t17-,18-/m1/s1. The van der Waals surface area contributed by atoms with Crippen molar-refractivity contribution in [2.45, 2.75) is 57.1 Å². The van der Waals surface area contributed by atoms with Gasteiger partial charge in [-0.1, -0.05) is 25.0 Å². The molecule has 0 bridgehead atoms. The van der Waals surface area contributed by atoms with Crippen LogP contribution < -0.4 is 4.90 Å². The molecule has 1 aromatic carbocycles. The van der Waals surface area contributed by atoms with Crippen molar-refractivity contribution in [2.24, 2.45) is 0 Å². The number of ether oxygens (including phenoxy) is 1. The van der Waals surface area contributed by atoms with Gasteiger partial charge in [0.2, 0.25) is 11.8 Å². The Morgan fingerprint density at radius 1 is 1.08 bits per heavy atom. The van der Waals surface area contributed by atoms with Crippen molar-refractivity contribution in [3.63, 3.8) is 0 Å². The molecular weight excluding hydrogens is 316 g/mol. The van der Waals surface area contributed by atoms with Gasteiger partial charge in [-0.2, -0.15) is 0 Å². The van der Waals surface area contributed by atoms with E-state index in [1.54, 1.807) is 0 Å². The zero-order valence-electron chi connectivity index (χ0n) is 14.7. The maximum Gasteiger partial charge on any atom is 0.227 e. The SMILES string of the molecule is O=C1CCCN1c1ccc(CC(=O)N2CCO[C@@H]3CCCC[C@H]32)cc1. The molecule has 0 radical (unpaired) electrons. The topological polar surface area (TPSA) is 49.9 Å². The lowest BCUT2D eigenvalue weighted by molar-refractivity contribution is -0.148. The number of carbonyl (C=O) groups is 2. The first kappa shape index (κ1) is 16.6. The van der Waals surface area contributed by atoms with E-state index in [0.29, 0.717) is 26.0 Å². The molecule has 4 rings (SSSR count). The number of hydrogen-bond donors (Lipinski definition) is 0. The molecule has 2 atom stereocenters. The molecule has 1 aromatic rings. The van der Waals surface area contributed by atoms with Gasteiger partial charge < -0.3 is 14.5 Å². The predicted molar refractivity (Wildman–Crippen MR) is 95.4 cm³/mol. The Labute approximate surface area is 148 Å². The van der Waals surface area contributed by atoms with E-state index in [9.17, 15) is 9.59 Å². The third-order valence-electron chi connectivity index (χ3n) is 5.73. The van der Waals surface area contributed by atoms with Gasteiger partial charge in [0.25, 0.3) is 0 Å². The maximum atomic E-state index is 12.8. The Hall–Kier alpha value is -1.88. The summed E-state index contributed by atoms with van der Waals surface area (Å²) in [6.45, 7) is 2.16. The Morgan fingerprint density at radius 2 is 1.88 bits per heavy atom. The van der Waals surface area contributed by atoms with Gasteiger partial charge in [0, 0.05) is 25.2 Å². The fourth-order valence-corrected chi connectivity index (χ4v) is 4.40. The van der Waals surface area contributed by atoms with Crippen LogP contribution in [-0.4, -0.2) is 48.6 Å². The second-order valence-electron chi connectivity index (χ2n) is 7.34. The van der Waals surface area contributed by atoms with Crippen LogP contribution in [0, 0.1) is 0 Å². The number of nitrogens with zero attached hydrogens (tertiary/aromatic N) is 2. The molecule has 2 amide bonds. The molecule has 134 valence electrons. The van der Waals surface area contributed by atoms with E-state index in [4.69, 9.17) is 4.74 Å². The average molecular weight is 342 g/mol. The second kappa shape index (κ2) is 7.16. The van der Waals surface area contributed by atoms with Crippen LogP contribution in [0.25, 0.3) is 0 Å². The van der Waals surface area contributed by atoms with Crippen LogP contribution in [0.2, 0.25) is 0 Å². The van der Waals surface area contributed by atoms with Crippen molar-refractivity contribution in [2.75, 3.05) is 24.6 Å². The fourth-order valence-electron chi connectivity index (χ4n) is 4.40. The summed E-state index contributed by atoms with van der Waals surface area (Å²) in [6, 6.07) is 8.16. The molecule has 2 aliphatic heterocycles. The van der Waals surface area contributed by atoms with E-state index >= 15 is 0 Å². The summed E-state index contributed by atoms with van der Waals surface area (Å²) >= 11 is 0. The second-order valence-corrected chi connectivity index (χ2v) is 7.34. The Balaban J connectivity index is 1.41. The van der Waals surface area contributed by atoms with Crippen molar-refractivity contribution >= 4 is 17.5 Å². The van der Waals surface area contributed by atoms with Crippen molar-refractivity contribution in [3.05, 3.63) is 29.8 Å². The zero-order valence-corrected chi connectivity index (χ0v) is 14.7. The van der Waals surface area contributed by atoms with Crippen LogP contribution in [0.3, 0.4) is 0 Å². The van der Waals surface area contributed by atoms with E-state index in [1.807, 2.05) is 34.1 Å². The van der Waals surface area contributed by atoms with Crippen LogP contribution in [0.15, 0.2) is 24.3 Å². The quantitative estimate of drug-likeness (QED) is 0.848. The number of fused-ring (bicyclic) bond motifs is 1. The molecule has 5 nitrogen and oxygen atoms in total. The summed E-state index contributed by atoms with van der Waals surface area (Å²) in [5.41, 5.74) is 1.96. The van der Waals surface area contributed by atoms with Crippen LogP contribution >= 0.6 is 0 Å². The van der Waals surface area contributed by atoms with E-state index in [-0.39, 0.29) is 24.0 Å². The summed E-state index contributed by atoms with van der Waals surface area (Å²) in [7, 11) is 0. The lowest BCUT2D eigenvalue weighted by Gasteiger charge is -2.43. The molecule has 3 fully saturated rings. The number of hydrogen-bond acceptors (Lipinski definition) is 3. The lowest BCUT2D eigenvalue weighted by atomic mass is 9.90. The number of benzene rings is 1. The molecular formula is C20H26N2O3. The third-order valence-corrected chi connectivity index (χ3v) is 5.73.